The molecule has 0 unspecified atom stereocenters. The first-order chi connectivity index (χ1) is 14.4. The third-order valence-corrected chi connectivity index (χ3v) is 7.30. The van der Waals surface area contributed by atoms with E-state index in [9.17, 15) is 18.0 Å². The number of piperazine rings is 1. The molecule has 0 spiro atoms. The van der Waals surface area contributed by atoms with E-state index in [1.165, 1.54) is 0 Å². The number of imide groups is 1. The van der Waals surface area contributed by atoms with Crippen molar-refractivity contribution in [2.24, 2.45) is 0 Å². The summed E-state index contributed by atoms with van der Waals surface area (Å²) in [4.78, 5) is 28.5. The van der Waals surface area contributed by atoms with Gasteiger partial charge in [-0.2, -0.15) is 0 Å². The highest BCUT2D eigenvalue weighted by atomic mass is 32.2. The molecular formula is C19H26N4O6S. The second-order valence-electron chi connectivity index (χ2n) is 7.73. The topological polar surface area (TPSA) is 117 Å². The van der Waals surface area contributed by atoms with Crippen molar-refractivity contribution < 1.29 is 27.5 Å². The van der Waals surface area contributed by atoms with E-state index in [0.29, 0.717) is 49.9 Å². The fraction of sp³-hybridized carbons (Fsp3) is 0.579. The Morgan fingerprint density at radius 2 is 1.80 bits per heavy atom. The molecule has 0 radical (unpaired) electrons. The van der Waals surface area contributed by atoms with E-state index in [-0.39, 0.29) is 30.0 Å². The average molecular weight is 439 g/mol. The van der Waals surface area contributed by atoms with Crippen LogP contribution in [0.25, 0.3) is 0 Å². The lowest BCUT2D eigenvalue weighted by atomic mass is 10.2. The lowest BCUT2D eigenvalue weighted by molar-refractivity contribution is -0.121. The van der Waals surface area contributed by atoms with Crippen LogP contribution in [-0.4, -0.2) is 93.6 Å². The average Bonchev–Trinajstić information content (AvgIpc) is 3.08. The van der Waals surface area contributed by atoms with Crippen LogP contribution in [0.5, 0.6) is 11.5 Å². The number of sulfone groups is 1. The van der Waals surface area contributed by atoms with Crippen LogP contribution < -0.4 is 20.1 Å². The van der Waals surface area contributed by atoms with E-state index in [1.807, 2.05) is 4.90 Å². The Morgan fingerprint density at radius 3 is 2.50 bits per heavy atom. The van der Waals surface area contributed by atoms with Crippen LogP contribution in [0.4, 0.5) is 10.5 Å². The minimum atomic E-state index is -2.90. The normalized spacial score (nSPS) is 23.7. The second kappa shape index (κ2) is 8.78. The highest BCUT2D eigenvalue weighted by Gasteiger charge is 2.33. The van der Waals surface area contributed by atoms with Gasteiger partial charge in [-0.15, -0.1) is 0 Å². The van der Waals surface area contributed by atoms with Gasteiger partial charge < -0.3 is 14.8 Å². The summed E-state index contributed by atoms with van der Waals surface area (Å²) < 4.78 is 34.2. The number of anilines is 1. The zero-order chi connectivity index (χ0) is 21.1. The van der Waals surface area contributed by atoms with E-state index in [2.05, 4.69) is 15.5 Å². The van der Waals surface area contributed by atoms with E-state index in [0.717, 1.165) is 13.1 Å². The van der Waals surface area contributed by atoms with E-state index >= 15 is 0 Å². The Kier molecular flexibility index (Phi) is 6.11. The molecule has 0 aliphatic carbocycles. The van der Waals surface area contributed by atoms with Gasteiger partial charge in [-0.05, 0) is 18.6 Å². The third kappa shape index (κ3) is 5.21. The molecule has 11 heteroatoms. The fourth-order valence-electron chi connectivity index (χ4n) is 4.00. The quantitative estimate of drug-likeness (QED) is 0.670. The van der Waals surface area contributed by atoms with Gasteiger partial charge in [-0.1, -0.05) is 0 Å². The molecule has 0 bridgehead atoms. The minimum Gasteiger partial charge on any atom is -0.486 e. The molecule has 3 amide bonds. The number of nitrogens with one attached hydrogen (secondary N) is 2. The predicted molar refractivity (Wildman–Crippen MR) is 110 cm³/mol. The van der Waals surface area contributed by atoms with Crippen LogP contribution in [0.3, 0.4) is 0 Å². The van der Waals surface area contributed by atoms with Gasteiger partial charge in [0.1, 0.15) is 13.2 Å². The molecule has 10 nitrogen and oxygen atoms in total. The number of fused-ring (bicyclic) bond motifs is 1. The first-order valence-electron chi connectivity index (χ1n) is 10.1. The van der Waals surface area contributed by atoms with Crippen molar-refractivity contribution >= 4 is 27.5 Å². The molecule has 164 valence electrons. The number of rotatable bonds is 4. The molecule has 1 aromatic carbocycles. The Labute approximate surface area is 175 Å². The number of hydrogen-bond acceptors (Lipinski definition) is 8. The van der Waals surface area contributed by atoms with Crippen molar-refractivity contribution in [3.05, 3.63) is 18.2 Å². The number of carbonyl (C=O) groups excluding carboxylic acids is 2. The molecule has 3 aliphatic heterocycles. The SMILES string of the molecule is O=C(CN1CCN([C@H]2CCS(=O)(=O)C2)CC1)NC(=O)Nc1ccc2c(c1)OCCO2. The van der Waals surface area contributed by atoms with E-state index < -0.39 is 15.9 Å². The van der Waals surface area contributed by atoms with Crippen LogP contribution >= 0.6 is 0 Å². The number of carbonyl (C=O) groups is 2. The van der Waals surface area contributed by atoms with Gasteiger partial charge >= 0.3 is 6.03 Å². The Hall–Kier alpha value is -2.37. The molecule has 1 atom stereocenters. The number of amides is 3. The first-order valence-corrected chi connectivity index (χ1v) is 11.9. The van der Waals surface area contributed by atoms with Crippen LogP contribution in [0.2, 0.25) is 0 Å². The lowest BCUT2D eigenvalue weighted by Crippen LogP contribution is -2.53. The summed E-state index contributed by atoms with van der Waals surface area (Å²) in [6, 6.07) is 4.52. The number of nitrogens with zero attached hydrogens (tertiary/aromatic N) is 2. The van der Waals surface area contributed by atoms with Crippen LogP contribution in [0.1, 0.15) is 6.42 Å². The fourth-order valence-corrected chi connectivity index (χ4v) is 5.76. The molecule has 3 heterocycles. The lowest BCUT2D eigenvalue weighted by Gasteiger charge is -2.37. The van der Waals surface area contributed by atoms with Gasteiger partial charge in [0.05, 0.1) is 18.1 Å². The zero-order valence-electron chi connectivity index (χ0n) is 16.6. The number of urea groups is 1. The molecule has 2 N–H and O–H groups in total. The number of ether oxygens (including phenoxy) is 2. The molecule has 2 saturated heterocycles. The summed E-state index contributed by atoms with van der Waals surface area (Å²) in [6.07, 6.45) is 0.683. The standard InChI is InChI=1S/C19H26N4O6S/c24-18(12-22-4-6-23(7-5-22)15-3-10-30(26,27)13-15)21-19(25)20-14-1-2-16-17(11-14)29-9-8-28-16/h1-2,11,15H,3-10,12-13H2,(H2,20,21,24,25)/t15-/m0/s1. The summed E-state index contributed by atoms with van der Waals surface area (Å²) in [6.45, 7) is 3.81. The largest absolute Gasteiger partial charge is 0.486 e. The maximum absolute atomic E-state index is 12.2. The Bertz CT molecular complexity index is 914. The molecule has 2 fully saturated rings. The summed E-state index contributed by atoms with van der Waals surface area (Å²) >= 11 is 0. The van der Waals surface area contributed by atoms with Gasteiger partial charge in [0.2, 0.25) is 5.91 Å². The summed E-state index contributed by atoms with van der Waals surface area (Å²) in [5.41, 5.74) is 0.504. The molecule has 4 rings (SSSR count). The van der Waals surface area contributed by atoms with E-state index in [1.54, 1.807) is 18.2 Å². The van der Waals surface area contributed by atoms with Crippen LogP contribution in [0.15, 0.2) is 18.2 Å². The number of hydrogen-bond donors (Lipinski definition) is 2. The number of benzene rings is 1. The van der Waals surface area contributed by atoms with Crippen molar-refractivity contribution in [2.75, 3.05) is 62.8 Å². The van der Waals surface area contributed by atoms with Crippen molar-refractivity contribution in [2.45, 2.75) is 12.5 Å². The highest BCUT2D eigenvalue weighted by molar-refractivity contribution is 7.91. The van der Waals surface area contributed by atoms with Crippen molar-refractivity contribution in [1.82, 2.24) is 15.1 Å². The summed E-state index contributed by atoms with van der Waals surface area (Å²) in [5, 5.41) is 4.96. The van der Waals surface area contributed by atoms with Crippen molar-refractivity contribution in [3.63, 3.8) is 0 Å². The molecule has 0 aromatic heterocycles. The molecule has 3 aliphatic rings. The molecule has 30 heavy (non-hydrogen) atoms. The van der Waals surface area contributed by atoms with Crippen molar-refractivity contribution in [1.29, 1.82) is 0 Å². The molecule has 1 aromatic rings. The highest BCUT2D eigenvalue weighted by Crippen LogP contribution is 2.32. The van der Waals surface area contributed by atoms with Gasteiger partial charge in [0.15, 0.2) is 21.3 Å². The summed E-state index contributed by atoms with van der Waals surface area (Å²) in [7, 11) is -2.90. The van der Waals surface area contributed by atoms with Crippen LogP contribution in [-0.2, 0) is 14.6 Å². The molecule has 0 saturated carbocycles. The van der Waals surface area contributed by atoms with Gasteiger partial charge in [0.25, 0.3) is 0 Å². The van der Waals surface area contributed by atoms with Gasteiger partial charge in [-0.25, -0.2) is 13.2 Å². The monoisotopic (exact) mass is 438 g/mol. The van der Waals surface area contributed by atoms with Gasteiger partial charge in [0, 0.05) is 44.0 Å². The Balaban J connectivity index is 1.20. The first kappa shape index (κ1) is 20.9. The smallest absolute Gasteiger partial charge is 0.325 e. The van der Waals surface area contributed by atoms with Crippen LogP contribution in [0, 0.1) is 0 Å². The third-order valence-electron chi connectivity index (χ3n) is 5.55. The minimum absolute atomic E-state index is 0.0859. The summed E-state index contributed by atoms with van der Waals surface area (Å²) in [5.74, 6) is 1.28. The Morgan fingerprint density at radius 1 is 1.07 bits per heavy atom. The predicted octanol–water partition coefficient (Wildman–Crippen LogP) is -0.0894. The maximum atomic E-state index is 12.2. The maximum Gasteiger partial charge on any atom is 0.325 e. The second-order valence-corrected chi connectivity index (χ2v) is 9.96. The van der Waals surface area contributed by atoms with E-state index in [4.69, 9.17) is 9.47 Å². The van der Waals surface area contributed by atoms with Crippen molar-refractivity contribution in [3.8, 4) is 11.5 Å². The van der Waals surface area contributed by atoms with Gasteiger partial charge in [-0.3, -0.25) is 19.9 Å². The molecular weight excluding hydrogens is 412 g/mol. The zero-order valence-corrected chi connectivity index (χ0v) is 17.4.